The molecule has 0 aromatic heterocycles. The molecule has 0 radical (unpaired) electrons. The number of hydrogen-bond donors (Lipinski definition) is 1. The quantitative estimate of drug-likeness (QED) is 0.538. The molecule has 32 heavy (non-hydrogen) atoms. The van der Waals surface area contributed by atoms with Crippen LogP contribution in [0.2, 0.25) is 0 Å². The van der Waals surface area contributed by atoms with Crippen LogP contribution in [-0.2, 0) is 14.3 Å². The Hall–Kier alpha value is -3.33. The number of carbonyl (C=O) groups is 2. The van der Waals surface area contributed by atoms with Crippen LogP contribution in [0.3, 0.4) is 0 Å². The van der Waals surface area contributed by atoms with Crippen LogP contribution < -0.4 is 19.7 Å². The molecule has 2 aromatic carbocycles. The second kappa shape index (κ2) is 8.31. The zero-order valence-electron chi connectivity index (χ0n) is 18.2. The van der Waals surface area contributed by atoms with E-state index < -0.39 is 29.6 Å². The maximum atomic E-state index is 12.9. The summed E-state index contributed by atoms with van der Waals surface area (Å²) in [5.74, 6) is -0.498. The lowest BCUT2D eigenvalue weighted by atomic mass is 9.79. The number of para-hydroxylation sites is 1. The highest BCUT2D eigenvalue weighted by Gasteiger charge is 2.60. The number of rotatable bonds is 5. The zero-order valence-corrected chi connectivity index (χ0v) is 19.0. The van der Waals surface area contributed by atoms with E-state index in [2.05, 4.69) is 5.32 Å². The fraction of sp³-hybridized carbons (Fsp3) is 0.348. The summed E-state index contributed by atoms with van der Waals surface area (Å²) in [6.07, 6.45) is 0. The Bertz CT molecular complexity index is 1070. The molecule has 168 valence electrons. The highest BCUT2D eigenvalue weighted by Crippen LogP contribution is 2.52. The minimum atomic E-state index is -1.22. The average Bonchev–Trinajstić information content (AvgIpc) is 2.78. The Morgan fingerprint density at radius 2 is 1.91 bits per heavy atom. The highest BCUT2D eigenvalue weighted by atomic mass is 32.1. The number of hydrogen-bond acceptors (Lipinski definition) is 7. The van der Waals surface area contributed by atoms with Gasteiger partial charge < -0.3 is 24.3 Å². The molecule has 0 amide bonds. The Labute approximate surface area is 191 Å². The van der Waals surface area contributed by atoms with E-state index in [4.69, 9.17) is 31.2 Å². The van der Waals surface area contributed by atoms with Crippen LogP contribution in [0.4, 0.5) is 5.69 Å². The fourth-order valence-electron chi connectivity index (χ4n) is 4.37. The largest absolute Gasteiger partial charge is 0.493 e. The molecular formula is C23H24N2O6S. The molecule has 9 heteroatoms. The van der Waals surface area contributed by atoms with Crippen LogP contribution in [0.5, 0.6) is 11.5 Å². The van der Waals surface area contributed by atoms with Crippen molar-refractivity contribution in [3.63, 3.8) is 0 Å². The molecule has 3 unspecified atom stereocenters. The smallest absolute Gasteiger partial charge is 0.338 e. The van der Waals surface area contributed by atoms with Crippen LogP contribution in [0, 0.1) is 5.92 Å². The third-order valence-electron chi connectivity index (χ3n) is 5.80. The minimum absolute atomic E-state index is 0.288. The van der Waals surface area contributed by atoms with Crippen LogP contribution >= 0.6 is 12.2 Å². The predicted molar refractivity (Wildman–Crippen MR) is 121 cm³/mol. The van der Waals surface area contributed by atoms with E-state index in [1.54, 1.807) is 56.2 Å². The summed E-state index contributed by atoms with van der Waals surface area (Å²) in [6, 6.07) is 11.8. The van der Waals surface area contributed by atoms with Gasteiger partial charge in [-0.3, -0.25) is 9.69 Å². The van der Waals surface area contributed by atoms with E-state index in [9.17, 15) is 9.59 Å². The molecule has 2 aliphatic heterocycles. The van der Waals surface area contributed by atoms with E-state index in [0.717, 1.165) is 5.56 Å². The molecule has 8 nitrogen and oxygen atoms in total. The third-order valence-corrected chi connectivity index (χ3v) is 6.10. The van der Waals surface area contributed by atoms with E-state index in [1.807, 2.05) is 12.1 Å². The Morgan fingerprint density at radius 1 is 1.19 bits per heavy atom. The maximum Gasteiger partial charge on any atom is 0.338 e. The van der Waals surface area contributed by atoms with E-state index in [1.165, 1.54) is 7.11 Å². The summed E-state index contributed by atoms with van der Waals surface area (Å²) < 4.78 is 22.2. The first-order valence-electron chi connectivity index (χ1n) is 10.2. The third kappa shape index (κ3) is 3.33. The number of anilines is 1. The predicted octanol–water partition coefficient (Wildman–Crippen LogP) is 3.21. The number of fused-ring (bicyclic) bond motifs is 4. The molecule has 2 aliphatic rings. The van der Waals surface area contributed by atoms with Gasteiger partial charge in [-0.1, -0.05) is 12.1 Å². The standard InChI is InChI=1S/C23H24N2O6S/c1-5-30-20(26)13-9-11-14(12-10-13)25-22(32)24-18-15-7-6-8-16(28-3)19(15)31-23(25,2)17(18)21(27)29-4/h6-12,17-18H,5H2,1-4H3,(H,24,32). The molecular weight excluding hydrogens is 432 g/mol. The van der Waals surface area contributed by atoms with Gasteiger partial charge in [-0.25, -0.2) is 4.79 Å². The monoisotopic (exact) mass is 456 g/mol. The second-order valence-electron chi connectivity index (χ2n) is 7.57. The van der Waals surface area contributed by atoms with Crippen molar-refractivity contribution in [2.45, 2.75) is 25.6 Å². The first kappa shape index (κ1) is 21.9. The van der Waals surface area contributed by atoms with Crippen molar-refractivity contribution in [3.05, 3.63) is 53.6 Å². The normalized spacial score (nSPS) is 23.4. The number of esters is 2. The number of ether oxygens (including phenoxy) is 4. The van der Waals surface area contributed by atoms with Gasteiger partial charge in [-0.05, 0) is 56.4 Å². The van der Waals surface area contributed by atoms with E-state index in [-0.39, 0.29) is 6.61 Å². The molecule has 2 bridgehead atoms. The first-order valence-corrected chi connectivity index (χ1v) is 10.6. The lowest BCUT2D eigenvalue weighted by Crippen LogP contribution is -2.71. The first-order chi connectivity index (χ1) is 15.3. The molecule has 4 rings (SSSR count). The number of methoxy groups -OCH3 is 2. The fourth-order valence-corrected chi connectivity index (χ4v) is 4.78. The van der Waals surface area contributed by atoms with Crippen molar-refractivity contribution >= 4 is 35.0 Å². The molecule has 1 saturated heterocycles. The number of nitrogens with zero attached hydrogens (tertiary/aromatic N) is 1. The molecule has 2 heterocycles. The van der Waals surface area contributed by atoms with Crippen molar-refractivity contribution in [3.8, 4) is 11.5 Å². The van der Waals surface area contributed by atoms with Gasteiger partial charge in [0.1, 0.15) is 5.92 Å². The van der Waals surface area contributed by atoms with Crippen LogP contribution in [0.25, 0.3) is 0 Å². The lowest BCUT2D eigenvalue weighted by molar-refractivity contribution is -0.157. The van der Waals surface area contributed by atoms with Gasteiger partial charge in [0.2, 0.25) is 5.72 Å². The summed E-state index contributed by atoms with van der Waals surface area (Å²) in [5.41, 5.74) is 0.601. The van der Waals surface area contributed by atoms with Gasteiger partial charge in [0.25, 0.3) is 0 Å². The van der Waals surface area contributed by atoms with Gasteiger partial charge in [0.05, 0.1) is 32.4 Å². The van der Waals surface area contributed by atoms with Crippen LogP contribution in [0.1, 0.15) is 35.8 Å². The molecule has 0 spiro atoms. The zero-order chi connectivity index (χ0) is 23.0. The topological polar surface area (TPSA) is 86.3 Å². The summed E-state index contributed by atoms with van der Waals surface area (Å²) >= 11 is 5.69. The number of carbonyl (C=O) groups excluding carboxylic acids is 2. The minimum Gasteiger partial charge on any atom is -0.493 e. The van der Waals surface area contributed by atoms with Crippen LogP contribution in [-0.4, -0.2) is 43.6 Å². The van der Waals surface area contributed by atoms with Gasteiger partial charge >= 0.3 is 11.9 Å². The maximum absolute atomic E-state index is 12.9. The number of thiocarbonyl (C=S) groups is 1. The van der Waals surface area contributed by atoms with Gasteiger partial charge in [-0.15, -0.1) is 0 Å². The van der Waals surface area contributed by atoms with Gasteiger partial charge in [-0.2, -0.15) is 0 Å². The van der Waals surface area contributed by atoms with Crippen molar-refractivity contribution in [1.82, 2.24) is 5.32 Å². The molecule has 2 aromatic rings. The summed E-state index contributed by atoms with van der Waals surface area (Å²) in [4.78, 5) is 26.7. The van der Waals surface area contributed by atoms with Crippen molar-refractivity contribution in [1.29, 1.82) is 0 Å². The summed E-state index contributed by atoms with van der Waals surface area (Å²) in [7, 11) is 2.91. The average molecular weight is 457 g/mol. The van der Waals surface area contributed by atoms with Crippen molar-refractivity contribution < 1.29 is 28.5 Å². The Morgan fingerprint density at radius 3 is 2.53 bits per heavy atom. The molecule has 3 atom stereocenters. The summed E-state index contributed by atoms with van der Waals surface area (Å²) in [6.45, 7) is 3.83. The van der Waals surface area contributed by atoms with E-state index >= 15 is 0 Å². The second-order valence-corrected chi connectivity index (χ2v) is 7.95. The van der Waals surface area contributed by atoms with Crippen molar-refractivity contribution in [2.75, 3.05) is 25.7 Å². The van der Waals surface area contributed by atoms with Crippen molar-refractivity contribution in [2.24, 2.45) is 5.92 Å². The molecule has 1 N–H and O–H groups in total. The lowest BCUT2D eigenvalue weighted by Gasteiger charge is -2.55. The van der Waals surface area contributed by atoms with Gasteiger partial charge in [0, 0.05) is 11.3 Å². The van der Waals surface area contributed by atoms with Gasteiger partial charge in [0.15, 0.2) is 16.6 Å². The number of nitrogens with one attached hydrogen (secondary N) is 1. The Balaban J connectivity index is 1.82. The molecule has 0 aliphatic carbocycles. The number of benzene rings is 2. The molecule has 0 saturated carbocycles. The van der Waals surface area contributed by atoms with Crippen LogP contribution in [0.15, 0.2) is 42.5 Å². The Kier molecular flexibility index (Phi) is 5.68. The highest BCUT2D eigenvalue weighted by molar-refractivity contribution is 7.80. The van der Waals surface area contributed by atoms with E-state index in [0.29, 0.717) is 27.9 Å². The SMILES string of the molecule is CCOC(=O)c1ccc(N2C(=S)NC3c4cccc(OC)c4OC2(C)C3C(=O)OC)cc1. The molecule has 1 fully saturated rings. The summed E-state index contributed by atoms with van der Waals surface area (Å²) in [5, 5.41) is 3.67.